The van der Waals surface area contributed by atoms with E-state index in [0.717, 1.165) is 31.4 Å². The first-order valence-corrected chi connectivity index (χ1v) is 6.72. The maximum absolute atomic E-state index is 10.9. The number of aldehydes is 1. The van der Waals surface area contributed by atoms with Crippen LogP contribution >= 0.6 is 0 Å². The first-order chi connectivity index (χ1) is 8.56. The van der Waals surface area contributed by atoms with Gasteiger partial charge in [0, 0.05) is 36.4 Å². The molecule has 1 heterocycles. The quantitative estimate of drug-likeness (QED) is 0.569. The molecule has 1 fully saturated rings. The zero-order valence-electron chi connectivity index (χ0n) is 11.8. The molecule has 2 unspecified atom stereocenters. The van der Waals surface area contributed by atoms with Gasteiger partial charge in [-0.2, -0.15) is 0 Å². The van der Waals surface area contributed by atoms with Crippen molar-refractivity contribution in [2.75, 3.05) is 13.7 Å². The number of fused-ring (bicyclic) bond motifs is 1. The molecule has 2 aliphatic rings. The number of hydrogen-bond donors (Lipinski definition) is 0. The Kier molecular flexibility index (Phi) is 3.62. The summed E-state index contributed by atoms with van der Waals surface area (Å²) in [6.07, 6.45) is 7.26. The van der Waals surface area contributed by atoms with Crippen LogP contribution in [0.25, 0.3) is 0 Å². The lowest BCUT2D eigenvalue weighted by atomic mass is 9.73. The highest BCUT2D eigenvalue weighted by molar-refractivity contribution is 5.67. The lowest BCUT2D eigenvalue weighted by molar-refractivity contribution is -0.104. The summed E-state index contributed by atoms with van der Waals surface area (Å²) in [5, 5.41) is 0. The number of methoxy groups -OCH3 is 1. The predicted molar refractivity (Wildman–Crippen MR) is 71.9 cm³/mol. The SMILES string of the molecule is CCN1C2=CCC(OC)CC2C(C)(C)/C1=C/C=O. The Bertz CT molecular complexity index is 395. The fourth-order valence-corrected chi connectivity index (χ4v) is 3.42. The number of carbonyl (C=O) groups is 1. The fraction of sp³-hybridized carbons (Fsp3) is 0.667. The van der Waals surface area contributed by atoms with Gasteiger partial charge in [-0.25, -0.2) is 0 Å². The van der Waals surface area contributed by atoms with Crippen LogP contribution in [0, 0.1) is 11.3 Å². The van der Waals surface area contributed by atoms with Gasteiger partial charge in [-0.15, -0.1) is 0 Å². The van der Waals surface area contributed by atoms with Crippen molar-refractivity contribution in [3.8, 4) is 0 Å². The Hall–Kier alpha value is -1.09. The van der Waals surface area contributed by atoms with Gasteiger partial charge in [0.15, 0.2) is 0 Å². The summed E-state index contributed by atoms with van der Waals surface area (Å²) >= 11 is 0. The molecule has 0 aromatic heterocycles. The van der Waals surface area contributed by atoms with Gasteiger partial charge in [0.2, 0.25) is 0 Å². The molecule has 1 aliphatic heterocycles. The lowest BCUT2D eigenvalue weighted by Crippen LogP contribution is -2.28. The van der Waals surface area contributed by atoms with E-state index in [2.05, 4.69) is 31.7 Å². The molecule has 1 saturated heterocycles. The van der Waals surface area contributed by atoms with Crippen molar-refractivity contribution in [1.82, 2.24) is 4.90 Å². The first kappa shape index (κ1) is 13.3. The number of ether oxygens (including phenoxy) is 1. The van der Waals surface area contributed by atoms with Crippen molar-refractivity contribution in [3.05, 3.63) is 23.5 Å². The second-order valence-electron chi connectivity index (χ2n) is 5.66. The van der Waals surface area contributed by atoms with E-state index in [4.69, 9.17) is 4.74 Å². The first-order valence-electron chi connectivity index (χ1n) is 6.72. The summed E-state index contributed by atoms with van der Waals surface area (Å²) in [7, 11) is 1.78. The van der Waals surface area contributed by atoms with E-state index < -0.39 is 0 Å². The zero-order valence-corrected chi connectivity index (χ0v) is 11.8. The molecular formula is C15H23NO2. The molecule has 0 N–H and O–H groups in total. The van der Waals surface area contributed by atoms with Gasteiger partial charge in [-0.1, -0.05) is 19.9 Å². The third kappa shape index (κ3) is 1.91. The van der Waals surface area contributed by atoms with Crippen LogP contribution in [0.3, 0.4) is 0 Å². The highest BCUT2D eigenvalue weighted by Gasteiger charge is 2.48. The van der Waals surface area contributed by atoms with Crippen LogP contribution in [0.1, 0.15) is 33.6 Å². The minimum Gasteiger partial charge on any atom is -0.381 e. The molecule has 1 aliphatic carbocycles. The standard InChI is InChI=1S/C15H23NO2/c1-5-16-13-7-6-11(18-4)10-12(13)15(2,3)14(16)8-9-17/h7-9,11-12H,5-6,10H2,1-4H3/b14-8-. The van der Waals surface area contributed by atoms with Gasteiger partial charge in [-0.3, -0.25) is 4.79 Å². The average Bonchev–Trinajstić information content (AvgIpc) is 2.58. The van der Waals surface area contributed by atoms with E-state index in [0.29, 0.717) is 12.0 Å². The topological polar surface area (TPSA) is 29.5 Å². The van der Waals surface area contributed by atoms with E-state index in [1.807, 2.05) is 0 Å². The third-order valence-electron chi connectivity index (χ3n) is 4.45. The maximum Gasteiger partial charge on any atom is 0.144 e. The van der Waals surface area contributed by atoms with Crippen molar-refractivity contribution in [2.45, 2.75) is 39.7 Å². The molecule has 0 aromatic carbocycles. The summed E-state index contributed by atoms with van der Waals surface area (Å²) in [5.41, 5.74) is 2.54. The molecule has 2 atom stereocenters. The van der Waals surface area contributed by atoms with E-state index in [9.17, 15) is 4.79 Å². The third-order valence-corrected chi connectivity index (χ3v) is 4.45. The maximum atomic E-state index is 10.9. The Labute approximate surface area is 109 Å². The summed E-state index contributed by atoms with van der Waals surface area (Å²) in [6, 6.07) is 0. The molecule has 0 spiro atoms. The van der Waals surface area contributed by atoms with Gasteiger partial charge in [0.25, 0.3) is 0 Å². The zero-order chi connectivity index (χ0) is 13.3. The molecule has 0 aromatic rings. The number of likely N-dealkylation sites (tertiary alicyclic amines) is 1. The molecule has 2 rings (SSSR count). The number of carbonyl (C=O) groups excluding carboxylic acids is 1. The Morgan fingerprint density at radius 3 is 2.83 bits per heavy atom. The number of rotatable bonds is 3. The second-order valence-corrected chi connectivity index (χ2v) is 5.66. The monoisotopic (exact) mass is 249 g/mol. The van der Waals surface area contributed by atoms with Crippen molar-refractivity contribution < 1.29 is 9.53 Å². The van der Waals surface area contributed by atoms with Gasteiger partial charge in [0.05, 0.1) is 6.10 Å². The van der Waals surface area contributed by atoms with Crippen molar-refractivity contribution >= 4 is 6.29 Å². The van der Waals surface area contributed by atoms with Crippen LogP contribution < -0.4 is 0 Å². The number of hydrogen-bond acceptors (Lipinski definition) is 3. The molecule has 0 saturated carbocycles. The van der Waals surface area contributed by atoms with Gasteiger partial charge in [-0.05, 0) is 25.8 Å². The summed E-state index contributed by atoms with van der Waals surface area (Å²) in [4.78, 5) is 13.2. The van der Waals surface area contributed by atoms with E-state index in [1.54, 1.807) is 13.2 Å². The minimum atomic E-state index is 0.0138. The van der Waals surface area contributed by atoms with Crippen LogP contribution in [0.4, 0.5) is 0 Å². The van der Waals surface area contributed by atoms with E-state index >= 15 is 0 Å². The van der Waals surface area contributed by atoms with Crippen molar-refractivity contribution in [2.24, 2.45) is 11.3 Å². The molecule has 3 heteroatoms. The number of nitrogens with zero attached hydrogens (tertiary/aromatic N) is 1. The van der Waals surface area contributed by atoms with E-state index in [1.165, 1.54) is 5.70 Å². The fourth-order valence-electron chi connectivity index (χ4n) is 3.42. The van der Waals surface area contributed by atoms with Crippen LogP contribution in [-0.4, -0.2) is 30.9 Å². The van der Waals surface area contributed by atoms with Crippen LogP contribution in [0.2, 0.25) is 0 Å². The Morgan fingerprint density at radius 2 is 2.28 bits per heavy atom. The largest absolute Gasteiger partial charge is 0.381 e. The van der Waals surface area contributed by atoms with Crippen molar-refractivity contribution in [1.29, 1.82) is 0 Å². The molecule has 3 nitrogen and oxygen atoms in total. The summed E-state index contributed by atoms with van der Waals surface area (Å²) in [6.45, 7) is 7.52. The Morgan fingerprint density at radius 1 is 1.56 bits per heavy atom. The minimum absolute atomic E-state index is 0.0138. The number of allylic oxidation sites excluding steroid dienone is 3. The van der Waals surface area contributed by atoms with Crippen LogP contribution in [0.15, 0.2) is 23.5 Å². The molecule has 18 heavy (non-hydrogen) atoms. The van der Waals surface area contributed by atoms with Gasteiger partial charge >= 0.3 is 0 Å². The predicted octanol–water partition coefficient (Wildman–Crippen LogP) is 2.74. The average molecular weight is 249 g/mol. The molecule has 0 amide bonds. The summed E-state index contributed by atoms with van der Waals surface area (Å²) in [5.74, 6) is 0.461. The normalized spacial score (nSPS) is 32.3. The van der Waals surface area contributed by atoms with Crippen LogP contribution in [-0.2, 0) is 9.53 Å². The summed E-state index contributed by atoms with van der Waals surface area (Å²) < 4.78 is 5.50. The molecule has 100 valence electrons. The molecular weight excluding hydrogens is 226 g/mol. The van der Waals surface area contributed by atoms with Gasteiger partial charge in [0.1, 0.15) is 6.29 Å². The van der Waals surface area contributed by atoms with Crippen molar-refractivity contribution in [3.63, 3.8) is 0 Å². The van der Waals surface area contributed by atoms with Gasteiger partial charge < -0.3 is 9.64 Å². The highest BCUT2D eigenvalue weighted by Crippen LogP contribution is 2.53. The smallest absolute Gasteiger partial charge is 0.144 e. The molecule has 0 bridgehead atoms. The second kappa shape index (κ2) is 4.88. The Balaban J connectivity index is 2.42. The molecule has 0 radical (unpaired) electrons. The van der Waals surface area contributed by atoms with E-state index in [-0.39, 0.29) is 5.41 Å². The van der Waals surface area contributed by atoms with Crippen LogP contribution in [0.5, 0.6) is 0 Å². The lowest BCUT2D eigenvalue weighted by Gasteiger charge is -2.32. The highest BCUT2D eigenvalue weighted by atomic mass is 16.5.